The minimum atomic E-state index is 0.0486. The Bertz CT molecular complexity index is 467. The lowest BCUT2D eigenvalue weighted by atomic mass is 9.98. The van der Waals surface area contributed by atoms with Crippen LogP contribution in [0, 0.1) is 6.92 Å². The van der Waals surface area contributed by atoms with Crippen LogP contribution >= 0.6 is 0 Å². The third-order valence-electron chi connectivity index (χ3n) is 2.51. The van der Waals surface area contributed by atoms with Crippen LogP contribution in [0.15, 0.2) is 18.2 Å². The Kier molecular flexibility index (Phi) is 1.84. The van der Waals surface area contributed by atoms with E-state index in [1.54, 1.807) is 18.2 Å². The molecule has 0 amide bonds. The van der Waals surface area contributed by atoms with Gasteiger partial charge in [-0.2, -0.15) is 0 Å². The molecule has 70 valence electrons. The number of rotatable bonds is 1. The van der Waals surface area contributed by atoms with Crippen LogP contribution in [0.25, 0.3) is 5.57 Å². The number of hydrogen-bond acceptors (Lipinski definition) is 2. The van der Waals surface area contributed by atoms with E-state index >= 15 is 0 Å². The average molecular weight is 186 g/mol. The van der Waals surface area contributed by atoms with Crippen LogP contribution in [0.4, 0.5) is 0 Å². The quantitative estimate of drug-likeness (QED) is 0.631. The van der Waals surface area contributed by atoms with Crippen LogP contribution in [0.1, 0.15) is 38.8 Å². The van der Waals surface area contributed by atoms with Crippen molar-refractivity contribution >= 4 is 17.6 Å². The number of benzene rings is 1. The van der Waals surface area contributed by atoms with Gasteiger partial charge in [0.2, 0.25) is 0 Å². The molecule has 1 aliphatic rings. The molecule has 0 bridgehead atoms. The maximum atomic E-state index is 11.5. The fourth-order valence-corrected chi connectivity index (χ4v) is 1.87. The van der Waals surface area contributed by atoms with E-state index in [1.165, 1.54) is 0 Å². The zero-order valence-electron chi connectivity index (χ0n) is 8.13. The van der Waals surface area contributed by atoms with Gasteiger partial charge in [0.05, 0.1) is 0 Å². The van der Waals surface area contributed by atoms with Crippen LogP contribution in [-0.4, -0.2) is 12.1 Å². The number of carbonyl (C=O) groups is 2. The molecule has 2 nitrogen and oxygen atoms in total. The van der Waals surface area contributed by atoms with E-state index in [9.17, 15) is 9.59 Å². The van der Waals surface area contributed by atoms with E-state index in [4.69, 9.17) is 0 Å². The van der Waals surface area contributed by atoms with Gasteiger partial charge in [-0.1, -0.05) is 0 Å². The van der Waals surface area contributed by atoms with Gasteiger partial charge in [0.15, 0.2) is 5.78 Å². The van der Waals surface area contributed by atoms with E-state index in [0.717, 1.165) is 28.5 Å². The number of allylic oxidation sites excluding steroid dienone is 2. The van der Waals surface area contributed by atoms with Crippen LogP contribution < -0.4 is 0 Å². The molecule has 2 heteroatoms. The van der Waals surface area contributed by atoms with Crippen LogP contribution in [0.3, 0.4) is 0 Å². The van der Waals surface area contributed by atoms with Crippen molar-refractivity contribution in [1.29, 1.82) is 0 Å². The van der Waals surface area contributed by atoms with Crippen LogP contribution in [0.2, 0.25) is 0 Å². The maximum Gasteiger partial charge on any atom is 0.186 e. The zero-order chi connectivity index (χ0) is 10.3. The first-order valence-electron chi connectivity index (χ1n) is 4.46. The van der Waals surface area contributed by atoms with Gasteiger partial charge in [0.1, 0.15) is 6.29 Å². The molecule has 1 aliphatic carbocycles. The lowest BCUT2D eigenvalue weighted by Gasteiger charge is -2.05. The molecule has 14 heavy (non-hydrogen) atoms. The van der Waals surface area contributed by atoms with Crippen molar-refractivity contribution < 1.29 is 9.59 Å². The molecule has 0 saturated heterocycles. The van der Waals surface area contributed by atoms with Crippen LogP contribution in [0.5, 0.6) is 0 Å². The normalized spacial score (nSPS) is 13.9. The summed E-state index contributed by atoms with van der Waals surface area (Å²) in [5.41, 5.74) is 4.09. The van der Waals surface area contributed by atoms with Crippen molar-refractivity contribution in [2.24, 2.45) is 0 Å². The Labute approximate surface area is 82.2 Å². The summed E-state index contributed by atoms with van der Waals surface area (Å²) in [6.45, 7) is 3.74. The summed E-state index contributed by atoms with van der Waals surface area (Å²) < 4.78 is 0. The highest BCUT2D eigenvalue weighted by molar-refractivity contribution is 6.17. The summed E-state index contributed by atoms with van der Waals surface area (Å²) in [6, 6.07) is 3.52. The molecule has 0 radical (unpaired) electrons. The highest BCUT2D eigenvalue weighted by atomic mass is 16.1. The van der Waals surface area contributed by atoms with Crippen molar-refractivity contribution in [2.45, 2.75) is 13.8 Å². The monoisotopic (exact) mass is 186 g/mol. The summed E-state index contributed by atoms with van der Waals surface area (Å²) in [5, 5.41) is 0. The third-order valence-corrected chi connectivity index (χ3v) is 2.51. The summed E-state index contributed by atoms with van der Waals surface area (Å²) in [5.74, 6) is 0.0486. The van der Waals surface area contributed by atoms with Crippen molar-refractivity contribution in [3.8, 4) is 0 Å². The van der Waals surface area contributed by atoms with Crippen molar-refractivity contribution in [3.05, 3.63) is 40.5 Å². The molecular formula is C12H10O2. The molecule has 0 atom stereocenters. The first-order chi connectivity index (χ1) is 6.63. The molecule has 0 aromatic heterocycles. The van der Waals surface area contributed by atoms with Gasteiger partial charge in [0, 0.05) is 11.1 Å². The Morgan fingerprint density at radius 2 is 1.93 bits per heavy atom. The molecule has 1 aromatic carbocycles. The zero-order valence-corrected chi connectivity index (χ0v) is 8.13. The van der Waals surface area contributed by atoms with Gasteiger partial charge < -0.3 is 0 Å². The fraction of sp³-hybridized carbons (Fsp3) is 0.167. The lowest BCUT2D eigenvalue weighted by Crippen LogP contribution is -1.97. The number of fused-ring (bicyclic) bond motifs is 1. The molecule has 0 aliphatic heterocycles. The molecule has 0 fully saturated rings. The second kappa shape index (κ2) is 2.91. The number of aldehydes is 1. The maximum absolute atomic E-state index is 11.5. The van der Waals surface area contributed by atoms with Gasteiger partial charge in [0.25, 0.3) is 0 Å². The molecule has 0 N–H and O–H groups in total. The smallest absolute Gasteiger partial charge is 0.186 e. The van der Waals surface area contributed by atoms with Crippen LogP contribution in [-0.2, 0) is 0 Å². The molecule has 0 spiro atoms. The van der Waals surface area contributed by atoms with Crippen molar-refractivity contribution in [1.82, 2.24) is 0 Å². The lowest BCUT2D eigenvalue weighted by molar-refractivity contribution is 0.104. The number of aryl methyl sites for hydroxylation is 1. The number of hydrogen-bond donors (Lipinski definition) is 0. The van der Waals surface area contributed by atoms with Gasteiger partial charge in [-0.05, 0) is 48.8 Å². The highest BCUT2D eigenvalue weighted by Crippen LogP contribution is 2.30. The Morgan fingerprint density at radius 3 is 2.57 bits per heavy atom. The first-order valence-corrected chi connectivity index (χ1v) is 4.46. The second-order valence-electron chi connectivity index (χ2n) is 3.57. The van der Waals surface area contributed by atoms with Gasteiger partial charge in [-0.25, -0.2) is 0 Å². The predicted octanol–water partition coefficient (Wildman–Crippen LogP) is 2.41. The SMILES string of the molecule is CC1=CC(=O)c2c(C)cc(C=O)cc21. The van der Waals surface area contributed by atoms with Gasteiger partial charge >= 0.3 is 0 Å². The number of ketones is 1. The molecule has 0 heterocycles. The van der Waals surface area contributed by atoms with Gasteiger partial charge in [-0.3, -0.25) is 9.59 Å². The molecule has 0 unspecified atom stereocenters. The van der Waals surface area contributed by atoms with Crippen molar-refractivity contribution in [2.75, 3.05) is 0 Å². The minimum Gasteiger partial charge on any atom is -0.298 e. The second-order valence-corrected chi connectivity index (χ2v) is 3.57. The number of carbonyl (C=O) groups excluding carboxylic acids is 2. The Hall–Kier alpha value is -1.70. The topological polar surface area (TPSA) is 34.1 Å². The summed E-state index contributed by atoms with van der Waals surface area (Å²) in [7, 11) is 0. The molecule has 0 saturated carbocycles. The predicted molar refractivity (Wildman–Crippen MR) is 54.5 cm³/mol. The Balaban J connectivity index is 2.74. The van der Waals surface area contributed by atoms with E-state index in [1.807, 2.05) is 13.8 Å². The Morgan fingerprint density at radius 1 is 1.21 bits per heavy atom. The highest BCUT2D eigenvalue weighted by Gasteiger charge is 2.20. The minimum absolute atomic E-state index is 0.0486. The van der Waals surface area contributed by atoms with E-state index in [2.05, 4.69) is 0 Å². The van der Waals surface area contributed by atoms with E-state index in [-0.39, 0.29) is 5.78 Å². The molecule has 2 rings (SSSR count). The average Bonchev–Trinajstić information content (AvgIpc) is 2.42. The fourth-order valence-electron chi connectivity index (χ4n) is 1.87. The van der Waals surface area contributed by atoms with Crippen molar-refractivity contribution in [3.63, 3.8) is 0 Å². The molecular weight excluding hydrogens is 176 g/mol. The summed E-state index contributed by atoms with van der Waals surface area (Å²) in [4.78, 5) is 22.2. The van der Waals surface area contributed by atoms with Gasteiger partial charge in [-0.15, -0.1) is 0 Å². The summed E-state index contributed by atoms with van der Waals surface area (Å²) in [6.07, 6.45) is 2.43. The third kappa shape index (κ3) is 1.11. The first kappa shape index (κ1) is 8.88. The largest absolute Gasteiger partial charge is 0.298 e. The standard InChI is InChI=1S/C12H10O2/c1-7-4-11(14)12-8(2)3-9(6-13)5-10(7)12/h3-6H,1-2H3. The summed E-state index contributed by atoms with van der Waals surface area (Å²) >= 11 is 0. The van der Waals surface area contributed by atoms with E-state index < -0.39 is 0 Å². The van der Waals surface area contributed by atoms with E-state index in [0.29, 0.717) is 5.56 Å². The molecule has 1 aromatic rings.